The molecule has 2 aromatic heterocycles. The number of aryl methyl sites for hydroxylation is 1. The zero-order valence-corrected chi connectivity index (χ0v) is 22.7. The molecule has 0 aliphatic carbocycles. The van der Waals surface area contributed by atoms with Crippen molar-refractivity contribution in [2.24, 2.45) is 5.73 Å². The molecule has 2 heterocycles. The van der Waals surface area contributed by atoms with Crippen molar-refractivity contribution in [3.63, 3.8) is 0 Å². The molecule has 3 N–H and O–H groups in total. The molecule has 0 bridgehead atoms. The Morgan fingerprint density at radius 3 is 2.35 bits per heavy atom. The summed E-state index contributed by atoms with van der Waals surface area (Å²) in [4.78, 5) is 15.5. The van der Waals surface area contributed by atoms with Crippen LogP contribution < -0.4 is 11.1 Å². The Morgan fingerprint density at radius 1 is 1.03 bits per heavy atom. The van der Waals surface area contributed by atoms with E-state index in [0.29, 0.717) is 27.9 Å². The average molecular weight is 548 g/mol. The van der Waals surface area contributed by atoms with Crippen molar-refractivity contribution in [2.75, 3.05) is 0 Å². The normalized spacial score (nSPS) is 12.0. The average Bonchev–Trinajstić information content (AvgIpc) is 3.43. The fourth-order valence-electron chi connectivity index (χ4n) is 5.30. The fraction of sp³-hybridized carbons (Fsp3) is 0.333. The molecule has 2 aromatic carbocycles. The second-order valence-corrected chi connectivity index (χ2v) is 15.0. The number of aromatic amines is 1. The number of primary amides is 1. The molecule has 1 amide bonds. The van der Waals surface area contributed by atoms with Gasteiger partial charge in [0.2, 0.25) is 0 Å². The van der Waals surface area contributed by atoms with Gasteiger partial charge in [-0.1, -0.05) is 55.7 Å². The Kier molecular flexibility index (Phi) is 7.85. The van der Waals surface area contributed by atoms with Gasteiger partial charge in [-0.2, -0.15) is 0 Å². The Hall–Kier alpha value is -3.04. The van der Waals surface area contributed by atoms with Gasteiger partial charge < -0.3 is 15.2 Å². The van der Waals surface area contributed by atoms with Crippen molar-refractivity contribution in [3.8, 4) is 0 Å². The van der Waals surface area contributed by atoms with Crippen LogP contribution in [-0.2, 0) is 19.3 Å². The van der Waals surface area contributed by atoms with Gasteiger partial charge in [-0.3, -0.25) is 4.79 Å². The van der Waals surface area contributed by atoms with E-state index in [2.05, 4.69) is 30.9 Å². The zero-order valence-electron chi connectivity index (χ0n) is 21.0. The van der Waals surface area contributed by atoms with E-state index in [1.165, 1.54) is 6.07 Å². The molecule has 5 nitrogen and oxygen atoms in total. The SMILES string of the molecule is CC[Si](CC)(CC)c1[nH]c2c(F)cc(Cl)cc2c1CCc1c(C(N)=O)noc1Cc1cc(F)ccc1F. The first kappa shape index (κ1) is 27.0. The quantitative estimate of drug-likeness (QED) is 0.225. The molecule has 4 aromatic rings. The Labute approximate surface area is 219 Å². The molecule has 0 unspecified atom stereocenters. The third kappa shape index (κ3) is 5.07. The number of nitrogens with two attached hydrogens (primary N) is 1. The zero-order chi connectivity index (χ0) is 26.9. The highest BCUT2D eigenvalue weighted by Gasteiger charge is 2.35. The Bertz CT molecular complexity index is 1450. The maximum Gasteiger partial charge on any atom is 0.271 e. The predicted molar refractivity (Wildman–Crippen MR) is 142 cm³/mol. The summed E-state index contributed by atoms with van der Waals surface area (Å²) < 4.78 is 48.4. The highest BCUT2D eigenvalue weighted by Crippen LogP contribution is 2.31. The van der Waals surface area contributed by atoms with Crippen molar-refractivity contribution in [3.05, 3.63) is 81.0 Å². The summed E-state index contributed by atoms with van der Waals surface area (Å²) in [5.41, 5.74) is 7.35. The van der Waals surface area contributed by atoms with E-state index in [4.69, 9.17) is 21.9 Å². The van der Waals surface area contributed by atoms with Crippen LogP contribution in [0, 0.1) is 17.5 Å². The van der Waals surface area contributed by atoms with Gasteiger partial charge in [-0.25, -0.2) is 13.2 Å². The molecular formula is C27H29ClF3N3O2Si. The van der Waals surface area contributed by atoms with Crippen molar-refractivity contribution >= 4 is 41.8 Å². The van der Waals surface area contributed by atoms with E-state index in [1.807, 2.05) is 0 Å². The second-order valence-electron chi connectivity index (χ2n) is 9.34. The van der Waals surface area contributed by atoms with Gasteiger partial charge in [0.25, 0.3) is 5.91 Å². The number of hydrogen-bond acceptors (Lipinski definition) is 3. The summed E-state index contributed by atoms with van der Waals surface area (Å²) in [6, 6.07) is 9.10. The lowest BCUT2D eigenvalue weighted by Gasteiger charge is -2.28. The maximum absolute atomic E-state index is 14.9. The van der Waals surface area contributed by atoms with E-state index in [0.717, 1.165) is 47.2 Å². The largest absolute Gasteiger partial charge is 0.364 e. The molecule has 0 saturated carbocycles. The van der Waals surface area contributed by atoms with Crippen molar-refractivity contribution in [1.29, 1.82) is 0 Å². The van der Waals surface area contributed by atoms with Crippen LogP contribution in [0.5, 0.6) is 0 Å². The number of halogens is 4. The van der Waals surface area contributed by atoms with Crippen LogP contribution in [0.2, 0.25) is 23.2 Å². The van der Waals surface area contributed by atoms with Gasteiger partial charge in [0.1, 0.15) is 31.3 Å². The standard InChI is InChI=1S/C27H29ClF3N3O2Si/c1-4-37(5-2,6-3)27-18(20-13-16(28)14-22(31)24(20)33-27)8-9-19-23(36-34-25(19)26(32)35)12-15-11-17(29)7-10-21(15)30/h7,10-11,13-14,33H,4-6,8-9,12H2,1-3H3,(H2,32,35). The third-order valence-corrected chi connectivity index (χ3v) is 13.3. The topological polar surface area (TPSA) is 84.9 Å². The van der Waals surface area contributed by atoms with Crippen molar-refractivity contribution < 1.29 is 22.5 Å². The molecule has 37 heavy (non-hydrogen) atoms. The van der Waals surface area contributed by atoms with Crippen LogP contribution >= 0.6 is 11.6 Å². The third-order valence-electron chi connectivity index (χ3n) is 7.58. The minimum Gasteiger partial charge on any atom is -0.364 e. The molecule has 0 aliphatic rings. The van der Waals surface area contributed by atoms with Gasteiger partial charge in [-0.15, -0.1) is 0 Å². The van der Waals surface area contributed by atoms with Crippen molar-refractivity contribution in [2.45, 2.75) is 58.2 Å². The summed E-state index contributed by atoms with van der Waals surface area (Å²) in [7, 11) is -1.99. The lowest BCUT2D eigenvalue weighted by molar-refractivity contribution is 0.0991. The van der Waals surface area contributed by atoms with Crippen LogP contribution in [0.25, 0.3) is 10.9 Å². The molecule has 0 radical (unpaired) electrons. The fourth-order valence-corrected chi connectivity index (χ4v) is 9.36. The number of fused-ring (bicyclic) bond motifs is 1. The van der Waals surface area contributed by atoms with Crippen LogP contribution in [0.1, 0.15) is 53.7 Å². The molecule has 196 valence electrons. The maximum atomic E-state index is 14.9. The van der Waals surface area contributed by atoms with E-state index in [-0.39, 0.29) is 29.9 Å². The number of carbonyl (C=O) groups is 1. The number of rotatable bonds is 10. The number of hydrogen-bond donors (Lipinski definition) is 2. The van der Waals surface area contributed by atoms with Crippen molar-refractivity contribution in [1.82, 2.24) is 10.1 Å². The highest BCUT2D eigenvalue weighted by molar-refractivity contribution is 6.91. The predicted octanol–water partition coefficient (Wildman–Crippen LogP) is 6.42. The molecule has 0 saturated heterocycles. The number of aromatic nitrogens is 2. The molecule has 0 spiro atoms. The van der Waals surface area contributed by atoms with Crippen LogP contribution in [0.4, 0.5) is 13.2 Å². The summed E-state index contributed by atoms with van der Waals surface area (Å²) >= 11 is 6.24. The molecule has 0 atom stereocenters. The summed E-state index contributed by atoms with van der Waals surface area (Å²) in [5, 5.41) is 5.88. The number of amides is 1. The summed E-state index contributed by atoms with van der Waals surface area (Å²) in [6.45, 7) is 6.48. The van der Waals surface area contributed by atoms with Gasteiger partial charge in [0.15, 0.2) is 5.69 Å². The number of benzene rings is 2. The van der Waals surface area contributed by atoms with E-state index >= 15 is 0 Å². The minimum atomic E-state index is -1.99. The molecule has 4 rings (SSSR count). The lowest BCUT2D eigenvalue weighted by atomic mass is 9.98. The first-order chi connectivity index (χ1) is 17.6. The Balaban J connectivity index is 1.81. The summed E-state index contributed by atoms with van der Waals surface area (Å²) in [6.07, 6.45) is 0.603. The number of nitrogens with one attached hydrogen (secondary N) is 1. The highest BCUT2D eigenvalue weighted by atomic mass is 35.5. The van der Waals surface area contributed by atoms with E-state index in [9.17, 15) is 18.0 Å². The van der Waals surface area contributed by atoms with E-state index in [1.54, 1.807) is 6.07 Å². The van der Waals surface area contributed by atoms with E-state index < -0.39 is 31.4 Å². The second kappa shape index (κ2) is 10.7. The first-order valence-electron chi connectivity index (χ1n) is 12.3. The molecule has 10 heteroatoms. The smallest absolute Gasteiger partial charge is 0.271 e. The number of nitrogens with zero attached hydrogens (tertiary/aromatic N) is 1. The lowest BCUT2D eigenvalue weighted by Crippen LogP contribution is -2.48. The Morgan fingerprint density at radius 2 is 1.70 bits per heavy atom. The van der Waals surface area contributed by atoms with Gasteiger partial charge >= 0.3 is 0 Å². The number of H-pyrrole nitrogens is 1. The first-order valence-corrected chi connectivity index (χ1v) is 15.3. The van der Waals surface area contributed by atoms with Gasteiger partial charge in [-0.05, 0) is 54.3 Å². The molecule has 0 aliphatic heterocycles. The molecule has 0 fully saturated rings. The van der Waals surface area contributed by atoms with Crippen LogP contribution in [0.15, 0.2) is 34.9 Å². The number of carbonyl (C=O) groups excluding carboxylic acids is 1. The van der Waals surface area contributed by atoms with Crippen LogP contribution in [0.3, 0.4) is 0 Å². The van der Waals surface area contributed by atoms with Gasteiger partial charge in [0.05, 0.1) is 5.52 Å². The molecular weight excluding hydrogens is 519 g/mol. The van der Waals surface area contributed by atoms with Crippen LogP contribution in [-0.4, -0.2) is 24.1 Å². The van der Waals surface area contributed by atoms with Gasteiger partial charge in [0, 0.05) is 27.7 Å². The summed E-state index contributed by atoms with van der Waals surface area (Å²) in [5.74, 6) is -2.16. The minimum absolute atomic E-state index is 0.0533. The monoisotopic (exact) mass is 547 g/mol.